The number of fused-ring (bicyclic) bond motifs is 3. The second-order valence-corrected chi connectivity index (χ2v) is 15.5. The first-order valence-corrected chi connectivity index (χ1v) is 20.5. The molecule has 0 bridgehead atoms. The van der Waals surface area contributed by atoms with Gasteiger partial charge in [0.1, 0.15) is 0 Å². The molecule has 0 spiro atoms. The van der Waals surface area contributed by atoms with E-state index in [4.69, 9.17) is 0 Å². The van der Waals surface area contributed by atoms with E-state index < -0.39 is 0 Å². The fourth-order valence-electron chi connectivity index (χ4n) is 9.51. The molecule has 1 atom stereocenters. The monoisotopic (exact) mass is 748 g/mol. The lowest BCUT2D eigenvalue weighted by Crippen LogP contribution is -2.01. The molecule has 0 nitrogen and oxygen atoms in total. The maximum absolute atomic E-state index is 2.44. The van der Waals surface area contributed by atoms with Crippen LogP contribution in [0, 0.1) is 0 Å². The van der Waals surface area contributed by atoms with Crippen LogP contribution < -0.4 is 0 Å². The molecule has 276 valence electrons. The maximum Gasteiger partial charge on any atom is 0.0352 e. The second kappa shape index (κ2) is 14.8. The van der Waals surface area contributed by atoms with Crippen molar-refractivity contribution in [1.29, 1.82) is 0 Å². The minimum atomic E-state index is 0.205. The van der Waals surface area contributed by atoms with Crippen molar-refractivity contribution in [2.75, 3.05) is 0 Å². The summed E-state index contributed by atoms with van der Waals surface area (Å²) in [6.45, 7) is 0. The fourth-order valence-corrected chi connectivity index (χ4v) is 9.51. The molecule has 0 saturated heterocycles. The number of allylic oxidation sites excluding steroid dienone is 1. The molecule has 0 heterocycles. The summed E-state index contributed by atoms with van der Waals surface area (Å²) in [5, 5.41) is 4.97. The van der Waals surface area contributed by atoms with Gasteiger partial charge in [0.15, 0.2) is 0 Å². The summed E-state index contributed by atoms with van der Waals surface area (Å²) in [5.74, 6) is 0.205. The number of benzene rings is 10. The first-order chi connectivity index (χ1) is 29.3. The van der Waals surface area contributed by atoms with Gasteiger partial charge in [-0.05, 0) is 117 Å². The molecule has 0 aromatic heterocycles. The summed E-state index contributed by atoms with van der Waals surface area (Å²) in [7, 11) is 0. The van der Waals surface area contributed by atoms with Crippen LogP contribution in [-0.4, -0.2) is 0 Å². The first-order valence-electron chi connectivity index (χ1n) is 20.5. The zero-order chi connectivity index (χ0) is 39.1. The van der Waals surface area contributed by atoms with Crippen molar-refractivity contribution < 1.29 is 0 Å². The quantitative estimate of drug-likeness (QED) is 0.142. The molecule has 59 heavy (non-hydrogen) atoms. The highest BCUT2D eigenvalue weighted by Gasteiger charge is 2.28. The SMILES string of the molecule is C1=C(c2ccc(-c3ccc4c(-c5ccccc5-c5ccccc5)c5ccccc5c(-c5ccccc5-c5ccccc5)c4c3)cc2)C(c2ccccc2)c2ccccc21. The lowest BCUT2D eigenvalue weighted by atomic mass is 9.81. The van der Waals surface area contributed by atoms with E-state index in [-0.39, 0.29) is 5.92 Å². The molecule has 0 fully saturated rings. The van der Waals surface area contributed by atoms with E-state index in [1.165, 1.54) is 105 Å². The molecule has 0 saturated carbocycles. The molecule has 1 unspecified atom stereocenters. The van der Waals surface area contributed by atoms with Gasteiger partial charge in [-0.25, -0.2) is 0 Å². The molecule has 0 radical (unpaired) electrons. The Morgan fingerprint density at radius 3 is 1.32 bits per heavy atom. The average Bonchev–Trinajstić information content (AvgIpc) is 3.71. The van der Waals surface area contributed by atoms with Crippen molar-refractivity contribution in [3.8, 4) is 55.6 Å². The van der Waals surface area contributed by atoms with Gasteiger partial charge in [-0.1, -0.05) is 224 Å². The second-order valence-electron chi connectivity index (χ2n) is 15.5. The standard InChI is InChI=1S/C59H40/c1-4-18-41(19-5-1)47-25-12-14-28-50(47)58-52-30-16-17-31-53(52)59(51-29-15-13-26-48(51)42-20-6-2-7-21-42)56-38-45(36-37-54(56)58)40-32-34-43(35-33-40)55-39-46-24-10-11-27-49(46)57(55)44-22-8-3-9-23-44/h1-39,57H. The van der Waals surface area contributed by atoms with Crippen molar-refractivity contribution in [3.05, 3.63) is 253 Å². The van der Waals surface area contributed by atoms with E-state index in [2.05, 4.69) is 237 Å². The van der Waals surface area contributed by atoms with E-state index in [1.807, 2.05) is 0 Å². The summed E-state index contributed by atoms with van der Waals surface area (Å²) in [5.41, 5.74) is 18.9. The third-order valence-corrected chi connectivity index (χ3v) is 12.2. The van der Waals surface area contributed by atoms with Crippen LogP contribution >= 0.6 is 0 Å². The van der Waals surface area contributed by atoms with Crippen molar-refractivity contribution in [3.63, 3.8) is 0 Å². The zero-order valence-corrected chi connectivity index (χ0v) is 32.6. The van der Waals surface area contributed by atoms with E-state index >= 15 is 0 Å². The average molecular weight is 749 g/mol. The van der Waals surface area contributed by atoms with Gasteiger partial charge in [0.05, 0.1) is 0 Å². The van der Waals surface area contributed by atoms with Crippen LogP contribution in [0.25, 0.3) is 88.8 Å². The molecule has 10 aromatic rings. The van der Waals surface area contributed by atoms with Crippen LogP contribution in [0.3, 0.4) is 0 Å². The van der Waals surface area contributed by atoms with Crippen molar-refractivity contribution in [2.24, 2.45) is 0 Å². The summed E-state index contributed by atoms with van der Waals surface area (Å²) >= 11 is 0. The Balaban J connectivity index is 1.13. The van der Waals surface area contributed by atoms with E-state index in [1.54, 1.807) is 0 Å². The van der Waals surface area contributed by atoms with Crippen LogP contribution in [0.15, 0.2) is 231 Å². The Morgan fingerprint density at radius 1 is 0.271 bits per heavy atom. The Morgan fingerprint density at radius 2 is 0.712 bits per heavy atom. The highest BCUT2D eigenvalue weighted by atomic mass is 14.3. The lowest BCUT2D eigenvalue weighted by Gasteiger charge is -2.22. The number of hydrogen-bond donors (Lipinski definition) is 0. The minimum Gasteiger partial charge on any atom is -0.0622 e. The topological polar surface area (TPSA) is 0 Å². The molecule has 10 aromatic carbocycles. The van der Waals surface area contributed by atoms with Gasteiger partial charge in [0.25, 0.3) is 0 Å². The van der Waals surface area contributed by atoms with Crippen molar-refractivity contribution in [1.82, 2.24) is 0 Å². The summed E-state index contributed by atoms with van der Waals surface area (Å²) in [4.78, 5) is 0. The smallest absolute Gasteiger partial charge is 0.0352 e. The van der Waals surface area contributed by atoms with E-state index in [0.717, 1.165) is 0 Å². The third-order valence-electron chi connectivity index (χ3n) is 12.2. The van der Waals surface area contributed by atoms with E-state index in [0.29, 0.717) is 0 Å². The Bertz CT molecular complexity index is 3170. The predicted molar refractivity (Wildman–Crippen MR) is 251 cm³/mol. The van der Waals surface area contributed by atoms with Crippen molar-refractivity contribution in [2.45, 2.75) is 5.92 Å². The normalized spacial score (nSPS) is 13.4. The Labute approximate surface area is 346 Å². The van der Waals surface area contributed by atoms with Crippen LogP contribution in [0.1, 0.15) is 28.2 Å². The Kier molecular flexibility index (Phi) is 8.68. The highest BCUT2D eigenvalue weighted by molar-refractivity contribution is 6.24. The number of hydrogen-bond acceptors (Lipinski definition) is 0. The molecule has 0 amide bonds. The molecule has 1 aliphatic rings. The van der Waals surface area contributed by atoms with Crippen LogP contribution in [0.4, 0.5) is 0 Å². The molecule has 11 rings (SSSR count). The van der Waals surface area contributed by atoms with Gasteiger partial charge >= 0.3 is 0 Å². The highest BCUT2D eigenvalue weighted by Crippen LogP contribution is 2.49. The molecular formula is C59H40. The van der Waals surface area contributed by atoms with Gasteiger partial charge in [0, 0.05) is 5.92 Å². The van der Waals surface area contributed by atoms with Gasteiger partial charge in [0.2, 0.25) is 0 Å². The molecule has 0 heteroatoms. The van der Waals surface area contributed by atoms with Gasteiger partial charge in [-0.2, -0.15) is 0 Å². The van der Waals surface area contributed by atoms with Crippen LogP contribution in [-0.2, 0) is 0 Å². The minimum absolute atomic E-state index is 0.205. The fraction of sp³-hybridized carbons (Fsp3) is 0.0169. The summed E-state index contributed by atoms with van der Waals surface area (Å²) in [6.07, 6.45) is 2.38. The first kappa shape index (κ1) is 34.7. The molecule has 0 N–H and O–H groups in total. The van der Waals surface area contributed by atoms with E-state index in [9.17, 15) is 0 Å². The van der Waals surface area contributed by atoms with Crippen molar-refractivity contribution >= 4 is 33.2 Å². The zero-order valence-electron chi connectivity index (χ0n) is 32.6. The van der Waals surface area contributed by atoms with Gasteiger partial charge in [-0.15, -0.1) is 0 Å². The Hall–Kier alpha value is -7.54. The maximum atomic E-state index is 2.44. The lowest BCUT2D eigenvalue weighted by molar-refractivity contribution is 1.07. The third kappa shape index (κ3) is 6.09. The molecular weight excluding hydrogens is 709 g/mol. The van der Waals surface area contributed by atoms with Crippen LogP contribution in [0.2, 0.25) is 0 Å². The van der Waals surface area contributed by atoms with Gasteiger partial charge < -0.3 is 0 Å². The van der Waals surface area contributed by atoms with Crippen LogP contribution in [0.5, 0.6) is 0 Å². The predicted octanol–water partition coefficient (Wildman–Crippen LogP) is 16.0. The van der Waals surface area contributed by atoms with Gasteiger partial charge in [-0.3, -0.25) is 0 Å². The largest absolute Gasteiger partial charge is 0.0622 e. The molecule has 0 aliphatic heterocycles. The molecule has 1 aliphatic carbocycles. The summed E-state index contributed by atoms with van der Waals surface area (Å²) < 4.78 is 0. The number of rotatable bonds is 7. The summed E-state index contributed by atoms with van der Waals surface area (Å²) in [6, 6.07) is 84.6.